The maximum atomic E-state index is 12.4. The van der Waals surface area contributed by atoms with E-state index in [2.05, 4.69) is 4.98 Å². The maximum absolute atomic E-state index is 12.4. The smallest absolute Gasteiger partial charge is 0.319 e. The van der Waals surface area contributed by atoms with E-state index < -0.39 is 10.6 Å². The topological polar surface area (TPSA) is 76.3 Å². The molecule has 0 aliphatic carbocycles. The summed E-state index contributed by atoms with van der Waals surface area (Å²) in [6.07, 6.45) is 1.31. The number of amides is 1. The predicted octanol–water partition coefficient (Wildman–Crippen LogP) is 2.22. The van der Waals surface area contributed by atoms with Crippen LogP contribution in [0.5, 0.6) is 0 Å². The van der Waals surface area contributed by atoms with Crippen molar-refractivity contribution in [1.82, 2.24) is 9.88 Å². The number of carbonyl (C=O) groups excluding carboxylic acids is 1. The molecule has 0 N–H and O–H groups in total. The Balaban J connectivity index is 2.38. The summed E-state index contributed by atoms with van der Waals surface area (Å²) in [5, 5.41) is 10.8. The summed E-state index contributed by atoms with van der Waals surface area (Å²) in [6, 6.07) is 1.40. The van der Waals surface area contributed by atoms with Gasteiger partial charge in [0.05, 0.1) is 4.92 Å². The van der Waals surface area contributed by atoms with Gasteiger partial charge >= 0.3 is 5.69 Å². The van der Waals surface area contributed by atoms with Crippen molar-refractivity contribution >= 4 is 35.0 Å². The molecule has 6 nitrogen and oxygen atoms in total. The molecule has 2 heterocycles. The van der Waals surface area contributed by atoms with Crippen LogP contribution in [0.3, 0.4) is 0 Å². The molecule has 1 amide bonds. The zero-order chi connectivity index (χ0) is 14.0. The highest BCUT2D eigenvalue weighted by Crippen LogP contribution is 2.28. The van der Waals surface area contributed by atoms with E-state index in [4.69, 9.17) is 11.6 Å². The summed E-state index contributed by atoms with van der Waals surface area (Å²) in [4.78, 5) is 28.1. The second kappa shape index (κ2) is 5.75. The minimum atomic E-state index is -0.661. The number of hydrogen-bond donors (Lipinski definition) is 0. The monoisotopic (exact) mass is 301 g/mol. The van der Waals surface area contributed by atoms with E-state index in [-0.39, 0.29) is 22.7 Å². The number of aromatic nitrogens is 1. The Hall–Kier alpha value is -1.34. The van der Waals surface area contributed by atoms with Gasteiger partial charge in [-0.15, -0.1) is 0 Å². The van der Waals surface area contributed by atoms with Crippen LogP contribution in [0.2, 0.25) is 5.15 Å². The number of nitrogens with zero attached hydrogens (tertiary/aromatic N) is 3. The van der Waals surface area contributed by atoms with Crippen LogP contribution in [0, 0.1) is 10.1 Å². The standard InChI is InChI=1S/C11H12ClN3O3S/c1-7-6-19-5-4-14(7)11(16)8-2-3-13-10(12)9(8)15(17)18/h2-3,7H,4-6H2,1H3. The summed E-state index contributed by atoms with van der Waals surface area (Å²) in [5.41, 5.74) is -0.414. The van der Waals surface area contributed by atoms with E-state index in [0.717, 1.165) is 11.5 Å². The van der Waals surface area contributed by atoms with Gasteiger partial charge in [-0.2, -0.15) is 11.8 Å². The fourth-order valence-electron chi connectivity index (χ4n) is 1.96. The summed E-state index contributed by atoms with van der Waals surface area (Å²) in [6.45, 7) is 2.51. The Morgan fingerprint density at radius 3 is 3.05 bits per heavy atom. The highest BCUT2D eigenvalue weighted by atomic mass is 35.5. The van der Waals surface area contributed by atoms with Gasteiger partial charge in [0.25, 0.3) is 5.91 Å². The first-order chi connectivity index (χ1) is 9.02. The summed E-state index contributed by atoms with van der Waals surface area (Å²) in [5.74, 6) is 1.31. The number of rotatable bonds is 2. The lowest BCUT2D eigenvalue weighted by atomic mass is 10.1. The van der Waals surface area contributed by atoms with Crippen molar-refractivity contribution in [2.75, 3.05) is 18.1 Å². The molecule has 0 saturated carbocycles. The van der Waals surface area contributed by atoms with Crippen molar-refractivity contribution in [2.24, 2.45) is 0 Å². The molecular weight excluding hydrogens is 290 g/mol. The van der Waals surface area contributed by atoms with Gasteiger partial charge in [-0.25, -0.2) is 4.98 Å². The molecule has 19 heavy (non-hydrogen) atoms. The van der Waals surface area contributed by atoms with Gasteiger partial charge in [0.15, 0.2) is 0 Å². The number of hydrogen-bond acceptors (Lipinski definition) is 5. The molecule has 1 aromatic rings. The van der Waals surface area contributed by atoms with Crippen LogP contribution in [0.25, 0.3) is 0 Å². The van der Waals surface area contributed by atoms with Crippen molar-refractivity contribution < 1.29 is 9.72 Å². The predicted molar refractivity (Wildman–Crippen MR) is 73.7 cm³/mol. The summed E-state index contributed by atoms with van der Waals surface area (Å²) in [7, 11) is 0. The van der Waals surface area contributed by atoms with E-state index in [0.29, 0.717) is 6.54 Å². The largest absolute Gasteiger partial charge is 0.334 e. The first kappa shape index (κ1) is 14.1. The van der Waals surface area contributed by atoms with Crippen molar-refractivity contribution in [1.29, 1.82) is 0 Å². The van der Waals surface area contributed by atoms with Crippen LogP contribution in [-0.4, -0.2) is 44.8 Å². The van der Waals surface area contributed by atoms with Gasteiger partial charge in [-0.3, -0.25) is 14.9 Å². The highest BCUT2D eigenvalue weighted by molar-refractivity contribution is 7.99. The minimum absolute atomic E-state index is 0.00347. The maximum Gasteiger partial charge on any atom is 0.319 e. The molecule has 1 saturated heterocycles. The Morgan fingerprint density at radius 1 is 1.68 bits per heavy atom. The van der Waals surface area contributed by atoms with Crippen molar-refractivity contribution in [3.63, 3.8) is 0 Å². The highest BCUT2D eigenvalue weighted by Gasteiger charge is 2.31. The third kappa shape index (κ3) is 2.82. The van der Waals surface area contributed by atoms with Crippen LogP contribution in [0.1, 0.15) is 17.3 Å². The fraction of sp³-hybridized carbons (Fsp3) is 0.455. The Morgan fingerprint density at radius 2 is 2.42 bits per heavy atom. The van der Waals surface area contributed by atoms with E-state index in [1.165, 1.54) is 12.3 Å². The second-order valence-corrected chi connectivity index (χ2v) is 5.69. The van der Waals surface area contributed by atoms with Gasteiger partial charge in [0.2, 0.25) is 5.15 Å². The SMILES string of the molecule is CC1CSCCN1C(=O)c1ccnc(Cl)c1[N+](=O)[O-]. The molecular formula is C11H12ClN3O3S. The molecule has 1 aromatic heterocycles. The molecule has 102 valence electrons. The van der Waals surface area contributed by atoms with Crippen molar-refractivity contribution in [2.45, 2.75) is 13.0 Å². The summed E-state index contributed by atoms with van der Waals surface area (Å²) < 4.78 is 0. The second-order valence-electron chi connectivity index (χ2n) is 4.18. The molecule has 1 unspecified atom stereocenters. The van der Waals surface area contributed by atoms with Crippen LogP contribution < -0.4 is 0 Å². The zero-order valence-electron chi connectivity index (χ0n) is 10.2. The van der Waals surface area contributed by atoms with E-state index >= 15 is 0 Å². The average molecular weight is 302 g/mol. The zero-order valence-corrected chi connectivity index (χ0v) is 11.8. The van der Waals surface area contributed by atoms with E-state index in [9.17, 15) is 14.9 Å². The van der Waals surface area contributed by atoms with E-state index in [1.807, 2.05) is 6.92 Å². The van der Waals surface area contributed by atoms with Crippen molar-refractivity contribution in [3.8, 4) is 0 Å². The van der Waals surface area contributed by atoms with Crippen LogP contribution in [-0.2, 0) is 0 Å². The minimum Gasteiger partial charge on any atom is -0.334 e. The number of pyridine rings is 1. The Kier molecular flexibility index (Phi) is 4.26. The van der Waals surface area contributed by atoms with Gasteiger partial charge in [0, 0.05) is 30.3 Å². The average Bonchev–Trinajstić information content (AvgIpc) is 2.37. The van der Waals surface area contributed by atoms with Crippen molar-refractivity contribution in [3.05, 3.63) is 33.1 Å². The summed E-state index contributed by atoms with van der Waals surface area (Å²) >= 11 is 7.48. The molecule has 0 radical (unpaired) electrons. The molecule has 2 rings (SSSR count). The molecule has 1 aliphatic heterocycles. The van der Waals surface area contributed by atoms with Crippen LogP contribution >= 0.6 is 23.4 Å². The molecule has 1 fully saturated rings. The van der Waals surface area contributed by atoms with Gasteiger partial charge in [-0.1, -0.05) is 11.6 Å². The lowest BCUT2D eigenvalue weighted by Crippen LogP contribution is -2.44. The lowest BCUT2D eigenvalue weighted by molar-refractivity contribution is -0.385. The first-order valence-corrected chi connectivity index (χ1v) is 7.23. The third-order valence-electron chi connectivity index (χ3n) is 2.92. The molecule has 1 atom stereocenters. The molecule has 8 heteroatoms. The third-order valence-corrected chi connectivity index (χ3v) is 4.39. The van der Waals surface area contributed by atoms with Gasteiger partial charge in [-0.05, 0) is 13.0 Å². The van der Waals surface area contributed by atoms with Gasteiger partial charge < -0.3 is 4.90 Å². The number of carbonyl (C=O) groups is 1. The van der Waals surface area contributed by atoms with Crippen LogP contribution in [0.4, 0.5) is 5.69 Å². The van der Waals surface area contributed by atoms with Gasteiger partial charge in [0.1, 0.15) is 5.56 Å². The molecule has 0 bridgehead atoms. The Bertz CT molecular complexity index is 526. The molecule has 0 spiro atoms. The number of nitro groups is 1. The number of thioether (sulfide) groups is 1. The Labute approximate surface area is 119 Å². The number of halogens is 1. The fourth-order valence-corrected chi connectivity index (χ4v) is 3.20. The van der Waals surface area contributed by atoms with E-state index in [1.54, 1.807) is 16.7 Å². The quantitative estimate of drug-likeness (QED) is 0.475. The lowest BCUT2D eigenvalue weighted by Gasteiger charge is -2.32. The molecule has 0 aromatic carbocycles. The van der Waals surface area contributed by atoms with Crippen LogP contribution in [0.15, 0.2) is 12.3 Å². The molecule has 1 aliphatic rings. The first-order valence-electron chi connectivity index (χ1n) is 5.70. The normalized spacial score (nSPS) is 19.3.